The third-order valence-electron chi connectivity index (χ3n) is 5.34. The monoisotopic (exact) mass is 552 g/mol. The molecule has 0 fully saturated rings. The molecule has 0 radical (unpaired) electrons. The first-order valence-electron chi connectivity index (χ1n) is 11.1. The fourth-order valence-corrected chi connectivity index (χ4v) is 5.33. The number of imide groups is 1. The molecular formula is C28H22Cl2N2O4S. The molecule has 3 amide bonds. The molecule has 1 unspecified atom stereocenters. The quantitative estimate of drug-likeness (QED) is 0.259. The molecule has 0 spiro atoms. The van der Waals surface area contributed by atoms with Crippen LogP contribution in [0.3, 0.4) is 0 Å². The Labute approximate surface area is 227 Å². The van der Waals surface area contributed by atoms with Crippen molar-refractivity contribution in [3.8, 4) is 11.5 Å². The van der Waals surface area contributed by atoms with Crippen LogP contribution in [-0.2, 0) is 10.8 Å². The van der Waals surface area contributed by atoms with Crippen LogP contribution in [0.1, 0.15) is 21.5 Å². The summed E-state index contributed by atoms with van der Waals surface area (Å²) in [4.78, 5) is 25.9. The van der Waals surface area contributed by atoms with E-state index < -0.39 is 22.7 Å². The number of urea groups is 1. The molecule has 0 heterocycles. The summed E-state index contributed by atoms with van der Waals surface area (Å²) in [5.41, 5.74) is 2.34. The third kappa shape index (κ3) is 6.57. The topological polar surface area (TPSA) is 84.5 Å². The minimum Gasteiger partial charge on any atom is -0.457 e. The number of amides is 3. The average molecular weight is 553 g/mol. The maximum Gasteiger partial charge on any atom is 0.326 e. The van der Waals surface area contributed by atoms with Crippen LogP contribution in [-0.4, -0.2) is 16.1 Å². The molecule has 188 valence electrons. The number of carbonyl (C=O) groups is 2. The zero-order valence-corrected chi connectivity index (χ0v) is 22.2. The fraction of sp³-hybridized carbons (Fsp3) is 0.0714. The Morgan fingerprint density at radius 2 is 1.43 bits per heavy atom. The van der Waals surface area contributed by atoms with Crippen LogP contribution in [0.25, 0.3) is 0 Å². The van der Waals surface area contributed by atoms with Gasteiger partial charge in [-0.3, -0.25) is 10.1 Å². The summed E-state index contributed by atoms with van der Waals surface area (Å²) in [6.45, 7) is 3.77. The first-order chi connectivity index (χ1) is 17.7. The summed E-state index contributed by atoms with van der Waals surface area (Å²) in [5.74, 6) is 0.536. The van der Waals surface area contributed by atoms with Gasteiger partial charge in [-0.05, 0) is 97.8 Å². The van der Waals surface area contributed by atoms with E-state index in [9.17, 15) is 13.8 Å². The predicted octanol–water partition coefficient (Wildman–Crippen LogP) is 7.53. The number of hydrogen-bond donors (Lipinski definition) is 2. The van der Waals surface area contributed by atoms with Crippen LogP contribution in [0.15, 0.2) is 94.7 Å². The van der Waals surface area contributed by atoms with Crippen molar-refractivity contribution < 1.29 is 18.5 Å². The molecule has 0 saturated heterocycles. The number of anilines is 1. The first kappa shape index (κ1) is 26.4. The Hall–Kier alpha value is -3.65. The SMILES string of the molecule is Cc1cc(Oc2ccc(NC(=O)NC(=O)c3ccccc3Cl)cc2)cc(C)c1S(=O)c1ccc(Cl)cc1. The van der Waals surface area contributed by atoms with Crippen molar-refractivity contribution in [2.45, 2.75) is 23.6 Å². The highest BCUT2D eigenvalue weighted by Crippen LogP contribution is 2.31. The van der Waals surface area contributed by atoms with Gasteiger partial charge >= 0.3 is 6.03 Å². The van der Waals surface area contributed by atoms with Crippen LogP contribution in [0.5, 0.6) is 11.5 Å². The Morgan fingerprint density at radius 3 is 2.05 bits per heavy atom. The van der Waals surface area contributed by atoms with Gasteiger partial charge < -0.3 is 10.1 Å². The number of carbonyl (C=O) groups excluding carboxylic acids is 2. The molecule has 1 atom stereocenters. The maximum absolute atomic E-state index is 13.1. The van der Waals surface area contributed by atoms with Crippen molar-refractivity contribution in [2.24, 2.45) is 0 Å². The van der Waals surface area contributed by atoms with Gasteiger partial charge in [0.25, 0.3) is 5.91 Å². The van der Waals surface area contributed by atoms with Crippen LogP contribution >= 0.6 is 23.2 Å². The number of nitrogens with one attached hydrogen (secondary N) is 2. The number of halogens is 2. The standard InChI is InChI=1S/C28H22Cl2N2O4S/c1-17-15-22(16-18(2)26(17)37(35)23-13-7-19(29)8-14-23)36-21-11-9-20(10-12-21)31-28(34)32-27(33)24-5-3-4-6-25(24)30/h3-16H,1-2H3,(H2,31,32,33,34). The molecule has 2 N–H and O–H groups in total. The van der Waals surface area contributed by atoms with Crippen molar-refractivity contribution in [3.05, 3.63) is 112 Å². The van der Waals surface area contributed by atoms with Gasteiger partial charge in [0.05, 0.1) is 21.4 Å². The van der Waals surface area contributed by atoms with E-state index in [1.165, 1.54) is 6.07 Å². The van der Waals surface area contributed by atoms with Gasteiger partial charge in [0.15, 0.2) is 0 Å². The highest BCUT2D eigenvalue weighted by molar-refractivity contribution is 7.85. The smallest absolute Gasteiger partial charge is 0.326 e. The average Bonchev–Trinajstić information content (AvgIpc) is 2.85. The van der Waals surface area contributed by atoms with E-state index in [0.717, 1.165) is 16.0 Å². The van der Waals surface area contributed by atoms with Crippen molar-refractivity contribution in [1.82, 2.24) is 5.32 Å². The number of aryl methyl sites for hydroxylation is 2. The molecule has 0 bridgehead atoms. The molecule has 0 aliphatic rings. The summed E-state index contributed by atoms with van der Waals surface area (Å²) in [6.07, 6.45) is 0. The van der Waals surface area contributed by atoms with Gasteiger partial charge in [-0.25, -0.2) is 9.00 Å². The largest absolute Gasteiger partial charge is 0.457 e. The van der Waals surface area contributed by atoms with E-state index in [-0.39, 0.29) is 10.6 Å². The lowest BCUT2D eigenvalue weighted by Crippen LogP contribution is -2.34. The molecule has 37 heavy (non-hydrogen) atoms. The van der Waals surface area contributed by atoms with Crippen LogP contribution in [0.2, 0.25) is 10.0 Å². The molecule has 0 saturated carbocycles. The second-order valence-electron chi connectivity index (χ2n) is 8.12. The maximum atomic E-state index is 13.1. The normalized spacial score (nSPS) is 11.5. The lowest BCUT2D eigenvalue weighted by molar-refractivity contribution is 0.0967. The summed E-state index contributed by atoms with van der Waals surface area (Å²) in [7, 11) is -1.35. The summed E-state index contributed by atoms with van der Waals surface area (Å²) in [6, 6.07) is 23.1. The minimum absolute atomic E-state index is 0.205. The molecule has 9 heteroatoms. The van der Waals surface area contributed by atoms with Crippen molar-refractivity contribution in [3.63, 3.8) is 0 Å². The van der Waals surface area contributed by atoms with Crippen LogP contribution in [0, 0.1) is 13.8 Å². The van der Waals surface area contributed by atoms with E-state index in [1.54, 1.807) is 66.7 Å². The van der Waals surface area contributed by atoms with E-state index in [2.05, 4.69) is 10.6 Å². The molecule has 6 nitrogen and oxygen atoms in total. The summed E-state index contributed by atoms with van der Waals surface area (Å²) < 4.78 is 19.1. The van der Waals surface area contributed by atoms with E-state index in [4.69, 9.17) is 27.9 Å². The lowest BCUT2D eigenvalue weighted by atomic mass is 10.1. The van der Waals surface area contributed by atoms with Crippen molar-refractivity contribution in [1.29, 1.82) is 0 Å². The molecular weight excluding hydrogens is 531 g/mol. The zero-order valence-electron chi connectivity index (χ0n) is 19.9. The van der Waals surface area contributed by atoms with Gasteiger partial charge in [0, 0.05) is 20.5 Å². The molecule has 0 aliphatic carbocycles. The number of benzene rings is 4. The molecule has 0 aliphatic heterocycles. The Kier molecular flexibility index (Phi) is 8.28. The Morgan fingerprint density at radius 1 is 0.811 bits per heavy atom. The second-order valence-corrected chi connectivity index (χ2v) is 10.4. The summed E-state index contributed by atoms with van der Waals surface area (Å²) >= 11 is 11.9. The number of hydrogen-bond acceptors (Lipinski definition) is 4. The molecule has 4 rings (SSSR count). The minimum atomic E-state index is -1.35. The van der Waals surface area contributed by atoms with Crippen molar-refractivity contribution >= 4 is 51.6 Å². The highest BCUT2D eigenvalue weighted by atomic mass is 35.5. The van der Waals surface area contributed by atoms with E-state index in [0.29, 0.717) is 27.1 Å². The van der Waals surface area contributed by atoms with E-state index >= 15 is 0 Å². The third-order valence-corrected chi connectivity index (χ3v) is 7.64. The Balaban J connectivity index is 1.40. The van der Waals surface area contributed by atoms with Gasteiger partial charge in [-0.1, -0.05) is 35.3 Å². The zero-order chi connectivity index (χ0) is 26.5. The predicted molar refractivity (Wildman–Crippen MR) is 146 cm³/mol. The van der Waals surface area contributed by atoms with Crippen LogP contribution in [0.4, 0.5) is 10.5 Å². The Bertz CT molecular complexity index is 1470. The van der Waals surface area contributed by atoms with Gasteiger partial charge in [0.1, 0.15) is 11.5 Å². The second kappa shape index (κ2) is 11.6. The van der Waals surface area contributed by atoms with E-state index in [1.807, 2.05) is 26.0 Å². The summed E-state index contributed by atoms with van der Waals surface area (Å²) in [5, 5.41) is 5.69. The van der Waals surface area contributed by atoms with Gasteiger partial charge in [-0.2, -0.15) is 0 Å². The number of ether oxygens (including phenoxy) is 1. The molecule has 0 aromatic heterocycles. The molecule has 4 aromatic carbocycles. The van der Waals surface area contributed by atoms with Gasteiger partial charge in [0.2, 0.25) is 0 Å². The van der Waals surface area contributed by atoms with Gasteiger partial charge in [-0.15, -0.1) is 0 Å². The van der Waals surface area contributed by atoms with Crippen molar-refractivity contribution in [2.75, 3.05) is 5.32 Å². The fourth-order valence-electron chi connectivity index (χ4n) is 3.66. The number of rotatable bonds is 6. The highest BCUT2D eigenvalue weighted by Gasteiger charge is 2.16. The lowest BCUT2D eigenvalue weighted by Gasteiger charge is -2.14. The molecule has 4 aromatic rings. The first-order valence-corrected chi connectivity index (χ1v) is 13.0. The van der Waals surface area contributed by atoms with Crippen LogP contribution < -0.4 is 15.4 Å².